The Bertz CT molecular complexity index is 1940. The van der Waals surface area contributed by atoms with Crippen LogP contribution < -0.4 is 0 Å². The van der Waals surface area contributed by atoms with Gasteiger partial charge in [0.25, 0.3) is 0 Å². The van der Waals surface area contributed by atoms with E-state index in [1.54, 1.807) is 0 Å². The zero-order valence-corrected chi connectivity index (χ0v) is 68.0. The summed E-state index contributed by atoms with van der Waals surface area (Å²) in [5.74, 6) is -0.689. The minimum Gasteiger partial charge on any atom is -0.462 e. The maximum atomic E-state index is 13.1. The number of carbonyl (C=O) groups excluding carboxylic acids is 4. The van der Waals surface area contributed by atoms with Crippen LogP contribution in [0.3, 0.4) is 0 Å². The summed E-state index contributed by atoms with van der Waals surface area (Å²) in [5, 5.41) is 10.6. The molecule has 0 spiro atoms. The van der Waals surface area contributed by atoms with E-state index in [1.807, 2.05) is 0 Å². The van der Waals surface area contributed by atoms with E-state index in [0.717, 1.165) is 102 Å². The lowest BCUT2D eigenvalue weighted by atomic mass is 10.0. The molecule has 2 unspecified atom stereocenters. The monoisotopic (exact) mass is 1480 g/mol. The Labute approximate surface area is 619 Å². The van der Waals surface area contributed by atoms with Gasteiger partial charge in [-0.3, -0.25) is 37.3 Å². The highest BCUT2D eigenvalue weighted by Crippen LogP contribution is 2.45. The Hall–Kier alpha value is -1.94. The summed E-state index contributed by atoms with van der Waals surface area (Å²) in [7, 11) is -9.92. The largest absolute Gasteiger partial charge is 0.472 e. The molecule has 3 N–H and O–H groups in total. The molecule has 0 aromatic heterocycles. The molecule has 0 saturated heterocycles. The standard InChI is InChI=1S/C82H160O17P2/c1-7-9-11-13-15-17-19-21-23-25-27-28-30-32-34-36-38-40-47-54-60-66-81(86)98-77(70-92-79(84)64-58-52-46-39-37-35-33-31-29-26-24-22-20-18-16-14-12-10-8-2)72-96-100(88,89)94-68-76(83)69-95-101(90,91)97-73-78(71-93-80(85)65-59-53-49-43-45-51-57-63-75(5)6)99-82(87)67-61-55-48-42-41-44-50-56-62-74(3)4/h74-78,83H,7-73H2,1-6H3,(H,88,89)(H,90,91)/t76-,77-,78-/m1/s1. The fourth-order valence-electron chi connectivity index (χ4n) is 12.7. The summed E-state index contributed by atoms with van der Waals surface area (Å²) < 4.78 is 68.7. The van der Waals surface area contributed by atoms with Crippen LogP contribution in [0.25, 0.3) is 0 Å². The molecule has 0 saturated carbocycles. The highest BCUT2D eigenvalue weighted by atomic mass is 31.2. The average molecular weight is 1480 g/mol. The van der Waals surface area contributed by atoms with Crippen LogP contribution >= 0.6 is 15.6 Å². The fraction of sp³-hybridized carbons (Fsp3) is 0.951. The molecule has 0 aromatic rings. The van der Waals surface area contributed by atoms with Gasteiger partial charge in [0.2, 0.25) is 0 Å². The summed E-state index contributed by atoms with van der Waals surface area (Å²) >= 11 is 0. The highest BCUT2D eigenvalue weighted by Gasteiger charge is 2.30. The summed E-state index contributed by atoms with van der Waals surface area (Å²) in [6.45, 7) is 9.53. The Morgan fingerprint density at radius 1 is 0.267 bits per heavy atom. The van der Waals surface area contributed by atoms with Crippen LogP contribution in [0.2, 0.25) is 0 Å². The maximum Gasteiger partial charge on any atom is 0.472 e. The van der Waals surface area contributed by atoms with Crippen LogP contribution in [-0.2, 0) is 65.4 Å². The molecule has 0 fully saturated rings. The zero-order chi connectivity index (χ0) is 74.2. The van der Waals surface area contributed by atoms with Gasteiger partial charge < -0.3 is 33.8 Å². The van der Waals surface area contributed by atoms with Crippen molar-refractivity contribution < 1.29 is 80.2 Å². The second-order valence-corrected chi connectivity index (χ2v) is 33.4. The summed E-state index contributed by atoms with van der Waals surface area (Å²) in [6, 6.07) is 0. The van der Waals surface area contributed by atoms with Crippen molar-refractivity contribution in [2.45, 2.75) is 452 Å². The second kappa shape index (κ2) is 73.6. The number of phosphoric ester groups is 2. The first-order valence-corrected chi connectivity index (χ1v) is 45.5. The van der Waals surface area contributed by atoms with Crippen molar-refractivity contribution in [3.05, 3.63) is 0 Å². The van der Waals surface area contributed by atoms with Crippen molar-refractivity contribution in [3.8, 4) is 0 Å². The third-order valence-electron chi connectivity index (χ3n) is 19.2. The van der Waals surface area contributed by atoms with Crippen molar-refractivity contribution in [2.24, 2.45) is 11.8 Å². The van der Waals surface area contributed by atoms with Crippen molar-refractivity contribution in [1.82, 2.24) is 0 Å². The quantitative estimate of drug-likeness (QED) is 0.0222. The van der Waals surface area contributed by atoms with Crippen molar-refractivity contribution in [2.75, 3.05) is 39.6 Å². The van der Waals surface area contributed by atoms with Crippen LogP contribution in [0, 0.1) is 11.8 Å². The molecule has 0 amide bonds. The van der Waals surface area contributed by atoms with E-state index >= 15 is 0 Å². The first kappa shape index (κ1) is 99.1. The van der Waals surface area contributed by atoms with Crippen LogP contribution in [-0.4, -0.2) is 96.7 Å². The molecule has 0 radical (unpaired) electrons. The minimum atomic E-state index is -4.96. The number of ether oxygens (including phenoxy) is 4. The summed E-state index contributed by atoms with van der Waals surface area (Å²) in [5.41, 5.74) is 0. The molecule has 600 valence electrons. The Morgan fingerprint density at radius 2 is 0.455 bits per heavy atom. The van der Waals surface area contributed by atoms with Gasteiger partial charge in [-0.15, -0.1) is 0 Å². The lowest BCUT2D eigenvalue weighted by molar-refractivity contribution is -0.161. The number of aliphatic hydroxyl groups excluding tert-OH is 1. The fourth-order valence-corrected chi connectivity index (χ4v) is 14.3. The third kappa shape index (κ3) is 76.1. The molecule has 0 rings (SSSR count). The Balaban J connectivity index is 5.20. The zero-order valence-electron chi connectivity index (χ0n) is 66.2. The number of hydrogen-bond acceptors (Lipinski definition) is 15. The molecule has 0 heterocycles. The van der Waals surface area contributed by atoms with Gasteiger partial charge in [-0.1, -0.05) is 382 Å². The van der Waals surface area contributed by atoms with Gasteiger partial charge in [-0.25, -0.2) is 9.13 Å². The minimum absolute atomic E-state index is 0.104. The predicted octanol–water partition coefficient (Wildman–Crippen LogP) is 24.7. The van der Waals surface area contributed by atoms with E-state index < -0.39 is 97.5 Å². The van der Waals surface area contributed by atoms with Crippen LogP contribution in [0.4, 0.5) is 0 Å². The maximum absolute atomic E-state index is 13.1. The smallest absolute Gasteiger partial charge is 0.462 e. The molecule has 0 aliphatic rings. The number of esters is 4. The number of rotatable bonds is 81. The molecule has 5 atom stereocenters. The van der Waals surface area contributed by atoms with Gasteiger partial charge in [-0.2, -0.15) is 0 Å². The molecular weight excluding hydrogens is 1320 g/mol. The first-order chi connectivity index (χ1) is 48.9. The van der Waals surface area contributed by atoms with E-state index in [9.17, 15) is 43.2 Å². The highest BCUT2D eigenvalue weighted by molar-refractivity contribution is 7.47. The predicted molar refractivity (Wildman–Crippen MR) is 414 cm³/mol. The van der Waals surface area contributed by atoms with Crippen molar-refractivity contribution >= 4 is 39.5 Å². The van der Waals surface area contributed by atoms with E-state index in [2.05, 4.69) is 41.5 Å². The molecular formula is C82H160O17P2. The van der Waals surface area contributed by atoms with Crippen LogP contribution in [0.5, 0.6) is 0 Å². The first-order valence-electron chi connectivity index (χ1n) is 42.5. The number of aliphatic hydroxyl groups is 1. The molecule has 101 heavy (non-hydrogen) atoms. The van der Waals surface area contributed by atoms with E-state index in [0.29, 0.717) is 31.6 Å². The molecule has 17 nitrogen and oxygen atoms in total. The van der Waals surface area contributed by atoms with Gasteiger partial charge in [0.15, 0.2) is 12.2 Å². The number of carbonyl (C=O) groups is 4. The van der Waals surface area contributed by atoms with Gasteiger partial charge in [0.1, 0.15) is 19.3 Å². The van der Waals surface area contributed by atoms with Gasteiger partial charge in [-0.05, 0) is 37.5 Å². The lowest BCUT2D eigenvalue weighted by Gasteiger charge is -2.21. The molecule has 0 aromatic carbocycles. The van der Waals surface area contributed by atoms with Crippen molar-refractivity contribution in [1.29, 1.82) is 0 Å². The van der Waals surface area contributed by atoms with Gasteiger partial charge in [0.05, 0.1) is 26.4 Å². The van der Waals surface area contributed by atoms with E-state index in [4.69, 9.17) is 37.0 Å². The van der Waals surface area contributed by atoms with Gasteiger partial charge >= 0.3 is 39.5 Å². The number of hydrogen-bond donors (Lipinski definition) is 3. The summed E-state index contributed by atoms with van der Waals surface area (Å²) in [4.78, 5) is 73.0. The molecule has 19 heteroatoms. The number of unbranched alkanes of at least 4 members (excludes halogenated alkanes) is 51. The normalized spacial score (nSPS) is 13.9. The lowest BCUT2D eigenvalue weighted by Crippen LogP contribution is -2.30. The molecule has 0 bridgehead atoms. The van der Waals surface area contributed by atoms with Gasteiger partial charge in [0, 0.05) is 25.7 Å². The Morgan fingerprint density at radius 3 is 0.673 bits per heavy atom. The van der Waals surface area contributed by atoms with E-state index in [-0.39, 0.29) is 25.7 Å². The van der Waals surface area contributed by atoms with Crippen LogP contribution in [0.15, 0.2) is 0 Å². The average Bonchev–Trinajstić information content (AvgIpc) is 0.949. The summed E-state index contributed by atoms with van der Waals surface area (Å²) in [6.07, 6.45) is 64.2. The van der Waals surface area contributed by atoms with Crippen molar-refractivity contribution in [3.63, 3.8) is 0 Å². The SMILES string of the molecule is CCCCCCCCCCCCCCCCCCCCCCCC(=O)O[C@H](COC(=O)CCCCCCCCCCCCCCCCCCCCC)COP(=O)(O)OC[C@@H](O)COP(=O)(O)OC[C@@H](COC(=O)CCCCCCCCCC(C)C)OC(=O)CCCCCCCCCCC(C)C. The van der Waals surface area contributed by atoms with E-state index in [1.165, 1.54) is 244 Å². The molecule has 0 aliphatic heterocycles. The number of phosphoric acid groups is 2. The Kier molecular flexibility index (Phi) is 72.2. The topological polar surface area (TPSA) is 237 Å². The second-order valence-electron chi connectivity index (χ2n) is 30.5. The van der Waals surface area contributed by atoms with Crippen LogP contribution in [0.1, 0.15) is 433 Å². The third-order valence-corrected chi connectivity index (χ3v) is 21.1. The molecule has 0 aliphatic carbocycles.